The van der Waals surface area contributed by atoms with Crippen LogP contribution in [0.5, 0.6) is 0 Å². The number of hydrogen-bond donors (Lipinski definition) is 0. The van der Waals surface area contributed by atoms with Gasteiger partial charge in [-0.15, -0.1) is 0 Å². The highest BCUT2D eigenvalue weighted by Gasteiger charge is 2.20. The van der Waals surface area contributed by atoms with Crippen molar-refractivity contribution in [3.05, 3.63) is 157 Å². The van der Waals surface area contributed by atoms with Gasteiger partial charge in [0.05, 0.1) is 34.1 Å². The Balaban J connectivity index is 0.000000333. The fourth-order valence-corrected chi connectivity index (χ4v) is 7.61. The molecule has 4 nitrogen and oxygen atoms in total. The van der Waals surface area contributed by atoms with E-state index in [2.05, 4.69) is 162 Å². The van der Waals surface area contributed by atoms with E-state index in [-0.39, 0.29) is 0 Å². The summed E-state index contributed by atoms with van der Waals surface area (Å²) in [7, 11) is 0. The van der Waals surface area contributed by atoms with Crippen LogP contribution in [0.4, 0.5) is 0 Å². The standard InChI is InChI=1S/C38H29N3.C8H9N.C2H6/c1-4-11-24(5-2)18-21-36(39-3)40-33-17-9-7-13-29(33)37-30-23-31-28-15-10-14-27-26-12-6-8-16-32(26)41(38(27)28)35(31)22-25(30)19-20-34(37)40;1-9-7-8-5-3-2-4-6-8;1-2/h4-17,19-23H,3,18H2,1-2H3;2-6H,1,7H2;1-2H3/b11-4-,24-5+,36-21+;;. The Kier molecular flexibility index (Phi) is 9.81. The topological polar surface area (TPSA) is 34.1 Å². The van der Waals surface area contributed by atoms with Crippen molar-refractivity contribution in [3.8, 4) is 0 Å². The molecule has 0 fully saturated rings. The SMILES string of the molecule is C=N/C(=C\CC(/C=C\C)=C/C)n1c2ccccc2c2c3cc4c5cccc6c7ccccc7n(c4cc3ccc21)c65.C=NCc1ccccc1.CC. The maximum absolute atomic E-state index is 4.53. The number of rotatable bonds is 7. The number of nitrogens with zero attached hydrogens (tertiary/aromatic N) is 4. The molecule has 4 heteroatoms. The van der Waals surface area contributed by atoms with Crippen LogP contribution < -0.4 is 0 Å². The van der Waals surface area contributed by atoms with Crippen molar-refractivity contribution in [2.45, 2.75) is 40.7 Å². The first-order chi connectivity index (χ1) is 25.7. The van der Waals surface area contributed by atoms with Crippen molar-refractivity contribution in [3.63, 3.8) is 0 Å². The van der Waals surface area contributed by atoms with Gasteiger partial charge in [-0.3, -0.25) is 9.56 Å². The number of hydrogen-bond acceptors (Lipinski definition) is 2. The van der Waals surface area contributed by atoms with E-state index in [1.165, 1.54) is 70.8 Å². The lowest BCUT2D eigenvalue weighted by Crippen LogP contribution is -1.95. The van der Waals surface area contributed by atoms with Gasteiger partial charge >= 0.3 is 0 Å². The second-order valence-corrected chi connectivity index (χ2v) is 12.6. The number of benzene rings is 6. The fourth-order valence-electron chi connectivity index (χ4n) is 7.61. The van der Waals surface area contributed by atoms with Crippen molar-refractivity contribution < 1.29 is 0 Å². The van der Waals surface area contributed by atoms with Crippen LogP contribution in [0.15, 0.2) is 161 Å². The Morgan fingerprint density at radius 1 is 0.635 bits per heavy atom. The van der Waals surface area contributed by atoms with E-state index >= 15 is 0 Å². The van der Waals surface area contributed by atoms with Gasteiger partial charge in [-0.05, 0) is 92.0 Å². The summed E-state index contributed by atoms with van der Waals surface area (Å²) < 4.78 is 4.72. The van der Waals surface area contributed by atoms with Crippen molar-refractivity contribution in [2.24, 2.45) is 9.98 Å². The molecule has 6 aromatic carbocycles. The molecule has 0 aliphatic heterocycles. The molecule has 0 unspecified atom stereocenters. The third kappa shape index (κ3) is 5.76. The zero-order chi connectivity index (χ0) is 36.2. The lowest BCUT2D eigenvalue weighted by Gasteiger charge is -2.09. The van der Waals surface area contributed by atoms with Crippen LogP contribution in [0.1, 0.15) is 39.7 Å². The molecule has 0 radical (unpaired) electrons. The van der Waals surface area contributed by atoms with Gasteiger partial charge in [-0.2, -0.15) is 0 Å². The minimum Gasteiger partial charge on any atom is -0.308 e. The molecule has 52 heavy (non-hydrogen) atoms. The van der Waals surface area contributed by atoms with Gasteiger partial charge in [0.1, 0.15) is 5.82 Å². The normalized spacial score (nSPS) is 12.3. The largest absolute Gasteiger partial charge is 0.308 e. The number of fused-ring (bicyclic) bond motifs is 11. The monoisotopic (exact) mass is 676 g/mol. The summed E-state index contributed by atoms with van der Waals surface area (Å²) in [5.41, 5.74) is 8.57. The van der Waals surface area contributed by atoms with Gasteiger partial charge in [-0.1, -0.05) is 123 Å². The molecule has 3 heterocycles. The first kappa shape index (κ1) is 34.2. The van der Waals surface area contributed by atoms with Gasteiger partial charge in [0.15, 0.2) is 0 Å². The zero-order valence-corrected chi connectivity index (χ0v) is 30.5. The van der Waals surface area contributed by atoms with E-state index in [4.69, 9.17) is 0 Å². The average Bonchev–Trinajstić information content (AvgIpc) is 3.84. The van der Waals surface area contributed by atoms with Gasteiger partial charge in [0, 0.05) is 32.3 Å². The molecule has 0 aliphatic rings. The summed E-state index contributed by atoms with van der Waals surface area (Å²) in [6, 6.07) is 43.5. The van der Waals surface area contributed by atoms with Crippen molar-refractivity contribution in [2.75, 3.05) is 0 Å². The van der Waals surface area contributed by atoms with Crippen LogP contribution in [0.25, 0.3) is 76.5 Å². The highest BCUT2D eigenvalue weighted by molar-refractivity contribution is 6.28. The van der Waals surface area contributed by atoms with Gasteiger partial charge in [0.2, 0.25) is 0 Å². The summed E-state index contributed by atoms with van der Waals surface area (Å²) in [6.07, 6.45) is 9.35. The lowest BCUT2D eigenvalue weighted by molar-refractivity contribution is 1.08. The Labute approximate surface area is 305 Å². The first-order valence-electron chi connectivity index (χ1n) is 18.1. The number of aliphatic imine (C=N–C) groups is 2. The molecule has 9 aromatic rings. The molecule has 0 saturated carbocycles. The van der Waals surface area contributed by atoms with Crippen LogP contribution in [-0.2, 0) is 6.54 Å². The van der Waals surface area contributed by atoms with Crippen molar-refractivity contribution in [1.29, 1.82) is 0 Å². The fraction of sp³-hybridized carbons (Fsp3) is 0.125. The average molecular weight is 677 g/mol. The molecular weight excluding hydrogens is 633 g/mol. The summed E-state index contributed by atoms with van der Waals surface area (Å²) in [4.78, 5) is 8.29. The Bertz CT molecular complexity index is 2810. The van der Waals surface area contributed by atoms with Crippen LogP contribution in [-0.4, -0.2) is 22.4 Å². The third-order valence-electron chi connectivity index (χ3n) is 9.80. The summed E-state index contributed by atoms with van der Waals surface area (Å²) in [5.74, 6) is 0.854. The van der Waals surface area contributed by atoms with Crippen LogP contribution >= 0.6 is 0 Å². The molecule has 9 rings (SSSR count). The molecule has 0 aliphatic carbocycles. The van der Waals surface area contributed by atoms with E-state index in [0.717, 1.165) is 29.8 Å². The zero-order valence-electron chi connectivity index (χ0n) is 30.5. The summed E-state index contributed by atoms with van der Waals surface area (Å²) >= 11 is 0. The van der Waals surface area contributed by atoms with Crippen molar-refractivity contribution in [1.82, 2.24) is 8.97 Å². The molecule has 0 amide bonds. The number of para-hydroxylation sites is 3. The maximum Gasteiger partial charge on any atom is 0.133 e. The van der Waals surface area contributed by atoms with E-state index in [9.17, 15) is 0 Å². The predicted molar refractivity (Wildman–Crippen MR) is 230 cm³/mol. The lowest BCUT2D eigenvalue weighted by atomic mass is 10.0. The number of aromatic nitrogens is 2. The van der Waals surface area contributed by atoms with Gasteiger partial charge in [-0.25, -0.2) is 4.99 Å². The molecule has 3 aromatic heterocycles. The summed E-state index contributed by atoms with van der Waals surface area (Å²) in [5, 5.41) is 10.2. The quantitative estimate of drug-likeness (QED) is 0.119. The summed E-state index contributed by atoms with van der Waals surface area (Å²) in [6.45, 7) is 16.2. The minimum atomic E-state index is 0.723. The highest BCUT2D eigenvalue weighted by atomic mass is 15.1. The van der Waals surface area contributed by atoms with Gasteiger partial charge < -0.3 is 4.40 Å². The van der Waals surface area contributed by atoms with E-state index < -0.39 is 0 Å². The second kappa shape index (κ2) is 14.9. The molecule has 0 spiro atoms. The predicted octanol–water partition coefficient (Wildman–Crippen LogP) is 13.4. The van der Waals surface area contributed by atoms with E-state index in [1.54, 1.807) is 0 Å². The third-order valence-corrected chi connectivity index (χ3v) is 9.80. The number of allylic oxidation sites excluding steroid dienone is 5. The van der Waals surface area contributed by atoms with E-state index in [1.807, 2.05) is 44.2 Å². The minimum absolute atomic E-state index is 0.723. The molecule has 0 bridgehead atoms. The molecular formula is C48H44N4. The first-order valence-corrected chi connectivity index (χ1v) is 18.1. The molecule has 0 saturated heterocycles. The van der Waals surface area contributed by atoms with Gasteiger partial charge in [0.25, 0.3) is 0 Å². The highest BCUT2D eigenvalue weighted by Crippen LogP contribution is 2.43. The Hall–Kier alpha value is -6.26. The smallest absolute Gasteiger partial charge is 0.133 e. The second-order valence-electron chi connectivity index (χ2n) is 12.6. The van der Waals surface area contributed by atoms with Crippen LogP contribution in [0.2, 0.25) is 0 Å². The molecule has 0 N–H and O–H groups in total. The maximum atomic E-state index is 4.53. The van der Waals surface area contributed by atoms with Crippen molar-refractivity contribution >= 4 is 89.9 Å². The van der Waals surface area contributed by atoms with Crippen LogP contribution in [0, 0.1) is 0 Å². The van der Waals surface area contributed by atoms with Crippen LogP contribution in [0.3, 0.4) is 0 Å². The Morgan fingerprint density at radius 2 is 1.31 bits per heavy atom. The van der Waals surface area contributed by atoms with E-state index in [0.29, 0.717) is 0 Å². The molecule has 0 atom stereocenters. The Morgan fingerprint density at radius 3 is 2.02 bits per heavy atom. The molecule has 256 valence electrons.